The molecule has 0 saturated carbocycles. The third-order valence-electron chi connectivity index (χ3n) is 11.2. The van der Waals surface area contributed by atoms with E-state index in [1.54, 1.807) is 37.0 Å². The molecule has 2 fully saturated rings. The molecule has 0 aliphatic carbocycles. The molecule has 8 rings (SSSR count). The van der Waals surface area contributed by atoms with Crippen LogP contribution in [0.15, 0.2) is 83.4 Å². The summed E-state index contributed by atoms with van der Waals surface area (Å²) >= 11 is 23.4. The lowest BCUT2D eigenvalue weighted by atomic mass is 10.2. The zero-order valence-electron chi connectivity index (χ0n) is 39.5. The number of alkyl halides is 6. The summed E-state index contributed by atoms with van der Waals surface area (Å²) in [5.74, 6) is 0.307. The number of nitrogens with zero attached hydrogens (tertiary/aromatic N) is 9. The zero-order valence-corrected chi connectivity index (χ0v) is 44.1. The van der Waals surface area contributed by atoms with Crippen LogP contribution in [0.25, 0.3) is 23.0 Å². The average molecular weight is 1170 g/mol. The molecule has 3 N–H and O–H groups in total. The smallest absolute Gasteiger partial charge is 0.417 e. The second kappa shape index (κ2) is 22.2. The first-order chi connectivity index (χ1) is 35.0. The molecule has 20 nitrogen and oxygen atoms in total. The maximum atomic E-state index is 13.4. The van der Waals surface area contributed by atoms with Crippen molar-refractivity contribution in [1.29, 1.82) is 0 Å². The van der Waals surface area contributed by atoms with Gasteiger partial charge in [-0.05, 0) is 69.3 Å². The molecule has 2 aliphatic heterocycles. The van der Waals surface area contributed by atoms with Crippen LogP contribution in [0.3, 0.4) is 0 Å². The summed E-state index contributed by atoms with van der Waals surface area (Å²) < 4.78 is 157. The molecule has 6 heterocycles. The monoisotopic (exact) mass is 1170 g/mol. The van der Waals surface area contributed by atoms with Gasteiger partial charge in [0.2, 0.25) is 0 Å². The summed E-state index contributed by atoms with van der Waals surface area (Å²) in [5, 5.41) is 18.1. The van der Waals surface area contributed by atoms with Gasteiger partial charge in [0.1, 0.15) is 29.6 Å². The number of sulfonamides is 2. The molecule has 0 radical (unpaired) electrons. The van der Waals surface area contributed by atoms with Crippen LogP contribution < -0.4 is 14.8 Å². The highest BCUT2D eigenvalue weighted by atomic mass is 35.5. The minimum Gasteiger partial charge on any atom is -0.444 e. The summed E-state index contributed by atoms with van der Waals surface area (Å²) in [6.07, 6.45) is -5.61. The molecule has 2 aromatic carbocycles. The number of nitrogens with one attached hydrogen (secondary N) is 3. The second-order valence-corrected chi connectivity index (χ2v) is 22.5. The Kier molecular flexibility index (Phi) is 16.9. The third-order valence-corrected chi connectivity index (χ3v) is 15.0. The predicted octanol–water partition coefficient (Wildman–Crippen LogP) is 8.90. The summed E-state index contributed by atoms with van der Waals surface area (Å²) in [7, 11) is -6.04. The van der Waals surface area contributed by atoms with Crippen LogP contribution in [-0.2, 0) is 46.6 Å². The van der Waals surface area contributed by atoms with Gasteiger partial charge in [-0.1, -0.05) is 46.4 Å². The lowest BCUT2D eigenvalue weighted by Crippen LogP contribution is -2.36. The Morgan fingerprint density at radius 1 is 0.667 bits per heavy atom. The van der Waals surface area contributed by atoms with Crippen LogP contribution in [0.4, 0.5) is 42.5 Å². The Bertz CT molecular complexity index is 3310. The van der Waals surface area contributed by atoms with Gasteiger partial charge in [0.25, 0.3) is 20.0 Å². The normalized spacial score (nSPS) is 18.4. The number of halogens is 10. The lowest BCUT2D eigenvalue weighted by Gasteiger charge is -2.24. The third kappa shape index (κ3) is 13.2. The summed E-state index contributed by atoms with van der Waals surface area (Å²) in [6, 6.07) is 6.28. The standard InChI is InChI=1S/C24H25Cl2F3N6O5S.C19H17Cl2F3N6O3S/c1-23(2,3)40-22(36)34-10-18(19(11-34)39-4)35-12-31-32-21(35)20-17(7-13(25)9-30-20)33-41(37,38)14-5-6-16(26)15(8-14)24(27,28)29;1-33-16-8-25-7-15(16)30-9-27-28-18(30)17-14(4-10(20)6-26-17)29-34(31,32)11-2-3-13(21)12(5-11)19(22,23)24/h5-9,12,18-19,33H,10-11H2,1-4H3;2-6,9,15-16,25,29H,7-8H2,1H3/t18?,19-;15?,16-/m00/s1. The van der Waals surface area contributed by atoms with Crippen molar-refractivity contribution >= 4 is 83.9 Å². The molecule has 404 valence electrons. The van der Waals surface area contributed by atoms with Crippen molar-refractivity contribution in [2.24, 2.45) is 0 Å². The SMILES string of the molecule is CO[C@H]1CN(C(=O)OC(C)(C)C)CC1n1cnnc1-c1ncc(Cl)cc1NS(=O)(=O)c1ccc(Cl)c(C(F)(F)F)c1.CO[C@H]1CNCC1n1cnnc1-c1ncc(Cl)cc1NS(=O)(=O)c1ccc(Cl)c(C(F)(F)F)c1. The van der Waals surface area contributed by atoms with Gasteiger partial charge in [0.15, 0.2) is 11.6 Å². The van der Waals surface area contributed by atoms with E-state index in [0.717, 1.165) is 24.3 Å². The van der Waals surface area contributed by atoms with Gasteiger partial charge in [-0.25, -0.2) is 31.6 Å². The number of amides is 1. The molecule has 1 amide bonds. The minimum absolute atomic E-state index is 0.0222. The van der Waals surface area contributed by atoms with Crippen molar-refractivity contribution in [3.8, 4) is 23.0 Å². The van der Waals surface area contributed by atoms with Crippen molar-refractivity contribution in [1.82, 2.24) is 49.7 Å². The van der Waals surface area contributed by atoms with Gasteiger partial charge < -0.3 is 33.6 Å². The number of likely N-dealkylation sites (tertiary alicyclic amines) is 1. The molecule has 0 spiro atoms. The number of pyridine rings is 2. The number of benzene rings is 2. The Balaban J connectivity index is 0.000000222. The van der Waals surface area contributed by atoms with E-state index >= 15 is 0 Å². The summed E-state index contributed by atoms with van der Waals surface area (Å²) in [5.41, 5.74) is -3.52. The average Bonchev–Trinajstić information content (AvgIpc) is 4.15. The number of anilines is 2. The molecule has 4 aromatic heterocycles. The number of carbonyl (C=O) groups is 1. The lowest BCUT2D eigenvalue weighted by molar-refractivity contribution is -0.138. The first-order valence-corrected chi connectivity index (χ1v) is 26.1. The first kappa shape index (κ1) is 57.1. The van der Waals surface area contributed by atoms with E-state index in [2.05, 4.69) is 45.1 Å². The second-order valence-electron chi connectivity index (χ2n) is 17.4. The number of hydrogen-bond donors (Lipinski definition) is 3. The summed E-state index contributed by atoms with van der Waals surface area (Å²) in [6.45, 7) is 6.71. The maximum absolute atomic E-state index is 13.4. The fraction of sp³-hybridized carbons (Fsp3) is 0.372. The predicted molar refractivity (Wildman–Crippen MR) is 261 cm³/mol. The number of methoxy groups -OCH3 is 2. The van der Waals surface area contributed by atoms with Gasteiger partial charge in [-0.15, -0.1) is 20.4 Å². The molecule has 0 bridgehead atoms. The van der Waals surface area contributed by atoms with Gasteiger partial charge in [0, 0.05) is 46.2 Å². The van der Waals surface area contributed by atoms with Crippen molar-refractivity contribution < 1.29 is 62.2 Å². The van der Waals surface area contributed by atoms with Crippen LogP contribution in [-0.4, -0.2) is 126 Å². The summed E-state index contributed by atoms with van der Waals surface area (Å²) in [4.78, 5) is 21.3. The molecule has 4 atom stereocenters. The maximum Gasteiger partial charge on any atom is 0.417 e. The van der Waals surface area contributed by atoms with Crippen LogP contribution in [0, 0.1) is 0 Å². The first-order valence-electron chi connectivity index (χ1n) is 21.7. The number of rotatable bonds is 12. The highest BCUT2D eigenvalue weighted by Gasteiger charge is 2.41. The molecular formula is C43H42Cl4F6N12O8S2. The van der Waals surface area contributed by atoms with E-state index in [1.807, 2.05) is 0 Å². The number of hydrogen-bond acceptors (Lipinski definition) is 15. The fourth-order valence-electron chi connectivity index (χ4n) is 7.77. The Labute approximate surface area is 444 Å². The number of ether oxygens (including phenoxy) is 3. The van der Waals surface area contributed by atoms with Crippen LogP contribution >= 0.6 is 46.4 Å². The van der Waals surface area contributed by atoms with E-state index in [0.29, 0.717) is 25.2 Å². The van der Waals surface area contributed by atoms with Gasteiger partial charge >= 0.3 is 18.4 Å². The van der Waals surface area contributed by atoms with Crippen LogP contribution in [0.5, 0.6) is 0 Å². The highest BCUT2D eigenvalue weighted by Crippen LogP contribution is 2.40. The van der Waals surface area contributed by atoms with Gasteiger partial charge in [-0.2, -0.15) is 26.3 Å². The van der Waals surface area contributed by atoms with Crippen LogP contribution in [0.2, 0.25) is 20.1 Å². The van der Waals surface area contributed by atoms with E-state index in [-0.39, 0.29) is 69.7 Å². The van der Waals surface area contributed by atoms with Gasteiger partial charge in [0.05, 0.1) is 83.2 Å². The fourth-order valence-corrected chi connectivity index (χ4v) is 10.7. The van der Waals surface area contributed by atoms with Crippen molar-refractivity contribution in [2.45, 2.75) is 72.8 Å². The van der Waals surface area contributed by atoms with Crippen molar-refractivity contribution in [3.05, 3.63) is 105 Å². The molecule has 2 aliphatic rings. The van der Waals surface area contributed by atoms with E-state index in [9.17, 15) is 48.0 Å². The van der Waals surface area contributed by atoms with E-state index in [4.69, 9.17) is 60.6 Å². The number of aromatic nitrogens is 8. The Hall–Kier alpha value is -5.59. The van der Waals surface area contributed by atoms with Crippen LogP contribution in [0.1, 0.15) is 44.0 Å². The van der Waals surface area contributed by atoms with Gasteiger partial charge in [-0.3, -0.25) is 9.44 Å². The quantitative estimate of drug-likeness (QED) is 0.0970. The molecule has 2 saturated heterocycles. The topological polar surface area (TPSA) is 240 Å². The van der Waals surface area contributed by atoms with E-state index < -0.39 is 87.2 Å². The molecule has 2 unspecified atom stereocenters. The Morgan fingerprint density at radius 3 is 1.55 bits per heavy atom. The van der Waals surface area contributed by atoms with Crippen molar-refractivity contribution in [2.75, 3.05) is 49.8 Å². The number of carbonyl (C=O) groups excluding carboxylic acids is 1. The molecule has 6 aromatic rings. The molecule has 32 heteroatoms. The molecule has 75 heavy (non-hydrogen) atoms. The highest BCUT2D eigenvalue weighted by molar-refractivity contribution is 7.93. The van der Waals surface area contributed by atoms with E-state index in [1.165, 1.54) is 49.2 Å². The largest absolute Gasteiger partial charge is 0.444 e. The zero-order chi connectivity index (χ0) is 55.0. The molecular weight excluding hydrogens is 1130 g/mol. The van der Waals surface area contributed by atoms with Crippen molar-refractivity contribution in [3.63, 3.8) is 0 Å². The minimum atomic E-state index is -4.88. The Morgan fingerprint density at radius 2 is 1.12 bits per heavy atom.